The fraction of sp³-hybridized carbons (Fsp3) is 0.250. The smallest absolute Gasteiger partial charge is 0.345 e. The van der Waals surface area contributed by atoms with Crippen molar-refractivity contribution in [2.75, 3.05) is 0 Å². The van der Waals surface area contributed by atoms with E-state index in [1.165, 1.54) is 24.3 Å². The number of benzene rings is 2. The normalized spacial score (nSPS) is 11.9. The van der Waals surface area contributed by atoms with Gasteiger partial charge in [0.2, 0.25) is 5.82 Å². The summed E-state index contributed by atoms with van der Waals surface area (Å²) in [7, 11) is 0. The van der Waals surface area contributed by atoms with E-state index >= 15 is 0 Å². The highest BCUT2D eigenvalue weighted by Gasteiger charge is 2.23. The molecule has 0 saturated carbocycles. The Morgan fingerprint density at radius 1 is 1.11 bits per heavy atom. The van der Waals surface area contributed by atoms with Crippen molar-refractivity contribution in [1.82, 2.24) is 29.8 Å². The quantitative estimate of drug-likeness (QED) is 0.412. The second-order valence-electron chi connectivity index (χ2n) is 7.89. The number of halogens is 1. The van der Waals surface area contributed by atoms with Gasteiger partial charge in [-0.15, -0.1) is 0 Å². The van der Waals surface area contributed by atoms with Gasteiger partial charge >= 0.3 is 17.5 Å². The predicted octanol–water partition coefficient (Wildman–Crippen LogP) is 2.35. The summed E-state index contributed by atoms with van der Waals surface area (Å²) < 4.78 is 20.3. The number of rotatable bonds is 8. The van der Waals surface area contributed by atoms with Crippen molar-refractivity contribution in [3.05, 3.63) is 92.7 Å². The van der Waals surface area contributed by atoms with E-state index in [4.69, 9.17) is 4.52 Å². The molecular weight excluding hydrogens is 455 g/mol. The van der Waals surface area contributed by atoms with Crippen molar-refractivity contribution in [2.24, 2.45) is 0 Å². The zero-order valence-corrected chi connectivity index (χ0v) is 19.1. The van der Waals surface area contributed by atoms with Crippen LogP contribution >= 0.6 is 0 Å². The van der Waals surface area contributed by atoms with Gasteiger partial charge < -0.3 is 9.84 Å². The molecule has 2 aromatic carbocycles. The summed E-state index contributed by atoms with van der Waals surface area (Å²) in [6, 6.07) is 14.7. The Kier molecular flexibility index (Phi) is 6.95. The predicted molar refractivity (Wildman–Crippen MR) is 125 cm³/mol. The minimum atomic E-state index is -0.736. The maximum atomic E-state index is 13.3. The molecule has 0 aliphatic carbocycles. The average Bonchev–Trinajstić information content (AvgIpc) is 3.35. The van der Waals surface area contributed by atoms with Crippen LogP contribution in [0.15, 0.2) is 68.7 Å². The molecule has 11 heteroatoms. The highest BCUT2D eigenvalue weighted by atomic mass is 19.1. The SMILES string of the molecule is CCn1c(=O)c(-c2noc(C(=O)NC(C)CCc3ccccc3)n2)nn(-c2ccc(F)cc2)c1=O. The van der Waals surface area contributed by atoms with E-state index in [1.807, 2.05) is 37.3 Å². The minimum Gasteiger partial charge on any atom is -0.345 e. The van der Waals surface area contributed by atoms with Crippen molar-refractivity contribution in [2.45, 2.75) is 39.3 Å². The monoisotopic (exact) mass is 478 g/mol. The van der Waals surface area contributed by atoms with Crippen LogP contribution < -0.4 is 16.6 Å². The molecule has 0 aliphatic rings. The maximum absolute atomic E-state index is 13.3. The average molecular weight is 478 g/mol. The Hall–Kier alpha value is -4.41. The van der Waals surface area contributed by atoms with Crippen molar-refractivity contribution >= 4 is 5.91 Å². The first-order valence-electron chi connectivity index (χ1n) is 11.1. The molecule has 1 N–H and O–H groups in total. The fourth-order valence-corrected chi connectivity index (χ4v) is 3.48. The van der Waals surface area contributed by atoms with Crippen LogP contribution in [0.5, 0.6) is 0 Å². The van der Waals surface area contributed by atoms with Gasteiger partial charge in [0.25, 0.3) is 5.56 Å². The highest BCUT2D eigenvalue weighted by molar-refractivity contribution is 5.90. The van der Waals surface area contributed by atoms with E-state index < -0.39 is 23.0 Å². The van der Waals surface area contributed by atoms with Crippen LogP contribution in [0.2, 0.25) is 0 Å². The molecule has 0 spiro atoms. The van der Waals surface area contributed by atoms with Gasteiger partial charge in [0, 0.05) is 12.6 Å². The standard InChI is InChI=1S/C24H23FN6O4/c1-3-30-23(33)19(28-31(24(30)34)18-13-11-17(25)12-14-18)20-27-22(35-29-20)21(32)26-15(2)9-10-16-7-5-4-6-8-16/h4-8,11-15H,3,9-10H2,1-2H3,(H,26,32). The second kappa shape index (κ2) is 10.2. The molecule has 4 rings (SSSR count). The van der Waals surface area contributed by atoms with E-state index in [0.717, 1.165) is 21.2 Å². The first-order chi connectivity index (χ1) is 16.9. The molecular formula is C24H23FN6O4. The Bertz CT molecular complexity index is 1440. The molecule has 0 fully saturated rings. The fourth-order valence-electron chi connectivity index (χ4n) is 3.48. The van der Waals surface area contributed by atoms with Crippen LogP contribution in [0.1, 0.15) is 36.5 Å². The van der Waals surface area contributed by atoms with Crippen molar-refractivity contribution in [3.8, 4) is 17.2 Å². The molecule has 2 heterocycles. The minimum absolute atomic E-state index is 0.0541. The third kappa shape index (κ3) is 5.24. The number of carbonyl (C=O) groups is 1. The third-order valence-corrected chi connectivity index (χ3v) is 5.37. The molecule has 0 aliphatic heterocycles. The Morgan fingerprint density at radius 2 is 1.83 bits per heavy atom. The van der Waals surface area contributed by atoms with Crippen LogP contribution in [0.25, 0.3) is 17.2 Å². The van der Waals surface area contributed by atoms with Gasteiger partial charge in [-0.05, 0) is 56.5 Å². The lowest BCUT2D eigenvalue weighted by Gasteiger charge is -2.12. The Labute approximate surface area is 199 Å². The number of amides is 1. The number of carbonyl (C=O) groups excluding carboxylic acids is 1. The maximum Gasteiger partial charge on any atom is 0.352 e. The van der Waals surface area contributed by atoms with Gasteiger partial charge in [-0.3, -0.25) is 14.2 Å². The van der Waals surface area contributed by atoms with E-state index in [2.05, 4.69) is 20.6 Å². The van der Waals surface area contributed by atoms with Gasteiger partial charge in [0.05, 0.1) is 5.69 Å². The van der Waals surface area contributed by atoms with E-state index in [0.29, 0.717) is 6.42 Å². The largest absolute Gasteiger partial charge is 0.352 e. The highest BCUT2D eigenvalue weighted by Crippen LogP contribution is 2.11. The second-order valence-corrected chi connectivity index (χ2v) is 7.89. The molecule has 1 unspecified atom stereocenters. The lowest BCUT2D eigenvalue weighted by atomic mass is 10.1. The Balaban J connectivity index is 1.57. The third-order valence-electron chi connectivity index (χ3n) is 5.37. The van der Waals surface area contributed by atoms with E-state index in [1.54, 1.807) is 6.92 Å². The van der Waals surface area contributed by atoms with Crippen molar-refractivity contribution < 1.29 is 13.7 Å². The van der Waals surface area contributed by atoms with Crippen molar-refractivity contribution in [1.29, 1.82) is 0 Å². The van der Waals surface area contributed by atoms with Crippen LogP contribution in [-0.4, -0.2) is 36.4 Å². The summed E-state index contributed by atoms with van der Waals surface area (Å²) in [6.07, 6.45) is 1.48. The first-order valence-corrected chi connectivity index (χ1v) is 11.1. The molecule has 0 saturated heterocycles. The van der Waals surface area contributed by atoms with Gasteiger partial charge in [0.15, 0.2) is 5.69 Å². The topological polar surface area (TPSA) is 125 Å². The lowest BCUT2D eigenvalue weighted by molar-refractivity contribution is 0.0894. The molecule has 4 aromatic rings. The van der Waals surface area contributed by atoms with Gasteiger partial charge in [-0.1, -0.05) is 35.5 Å². The number of hydrogen-bond acceptors (Lipinski definition) is 7. The zero-order chi connectivity index (χ0) is 24.9. The summed E-state index contributed by atoms with van der Waals surface area (Å²) in [5.41, 5.74) is -0.325. The molecule has 180 valence electrons. The molecule has 35 heavy (non-hydrogen) atoms. The molecule has 0 bridgehead atoms. The van der Waals surface area contributed by atoms with Crippen LogP contribution in [0.3, 0.4) is 0 Å². The number of aromatic nitrogens is 5. The summed E-state index contributed by atoms with van der Waals surface area (Å²) in [5, 5.41) is 10.6. The molecule has 0 radical (unpaired) electrons. The summed E-state index contributed by atoms with van der Waals surface area (Å²) in [6.45, 7) is 3.53. The van der Waals surface area contributed by atoms with Crippen molar-refractivity contribution in [3.63, 3.8) is 0 Å². The van der Waals surface area contributed by atoms with Gasteiger partial charge in [-0.25, -0.2) is 9.18 Å². The first kappa shape index (κ1) is 23.7. The van der Waals surface area contributed by atoms with Crippen LogP contribution in [-0.2, 0) is 13.0 Å². The van der Waals surface area contributed by atoms with Crippen LogP contribution in [0, 0.1) is 5.82 Å². The number of nitrogens with zero attached hydrogens (tertiary/aromatic N) is 5. The molecule has 1 amide bonds. The summed E-state index contributed by atoms with van der Waals surface area (Å²) in [5.74, 6) is -1.66. The Morgan fingerprint density at radius 3 is 2.51 bits per heavy atom. The van der Waals surface area contributed by atoms with Crippen LogP contribution in [0.4, 0.5) is 4.39 Å². The van der Waals surface area contributed by atoms with Gasteiger partial charge in [0.1, 0.15) is 5.82 Å². The molecule has 10 nitrogen and oxygen atoms in total. The number of nitrogens with one attached hydrogen (secondary N) is 1. The summed E-state index contributed by atoms with van der Waals surface area (Å²) >= 11 is 0. The number of aryl methyl sites for hydroxylation is 1. The summed E-state index contributed by atoms with van der Waals surface area (Å²) in [4.78, 5) is 42.2. The van der Waals surface area contributed by atoms with E-state index in [9.17, 15) is 18.8 Å². The zero-order valence-electron chi connectivity index (χ0n) is 19.1. The molecule has 2 aromatic heterocycles. The van der Waals surface area contributed by atoms with E-state index in [-0.39, 0.29) is 35.7 Å². The van der Waals surface area contributed by atoms with Gasteiger partial charge in [-0.2, -0.15) is 14.8 Å². The molecule has 1 atom stereocenters. The number of hydrogen-bond donors (Lipinski definition) is 1. The lowest BCUT2D eigenvalue weighted by Crippen LogP contribution is -2.41.